The Morgan fingerprint density at radius 1 is 0.978 bits per heavy atom. The first-order valence-corrected chi connectivity index (χ1v) is 19.1. The van der Waals surface area contributed by atoms with Crippen molar-refractivity contribution in [2.45, 2.75) is 40.9 Å². The Bertz CT molecular complexity index is 1850. The molecule has 4 aromatic carbocycles. The number of nitriles is 1. The van der Waals surface area contributed by atoms with E-state index in [-0.39, 0.29) is 22.3 Å². The number of likely N-dealkylation sites (N-methyl/N-ethyl adjacent to an activating group) is 1. The lowest BCUT2D eigenvalue weighted by atomic mass is 9.88. The van der Waals surface area contributed by atoms with Gasteiger partial charge in [-0.05, 0) is 91.0 Å². The first-order chi connectivity index (χ1) is 22.1. The molecule has 46 heavy (non-hydrogen) atoms. The van der Waals surface area contributed by atoms with Crippen LogP contribution in [0.4, 0.5) is 0 Å². The second kappa shape index (κ2) is 15.2. The molecular formula is C36H37Cl2N3O3S2. The first kappa shape index (κ1) is 34.3. The highest BCUT2D eigenvalue weighted by Gasteiger charge is 2.28. The quantitative estimate of drug-likeness (QED) is 0.171. The van der Waals surface area contributed by atoms with Crippen LogP contribution in [-0.4, -0.2) is 69.9 Å². The number of amides is 1. The Hall–Kier alpha value is -3.06. The van der Waals surface area contributed by atoms with E-state index in [1.165, 1.54) is 11.8 Å². The molecule has 1 amide bonds. The number of halogens is 2. The summed E-state index contributed by atoms with van der Waals surface area (Å²) in [6.45, 7) is 3.08. The zero-order chi connectivity index (χ0) is 33.0. The number of carbonyl (C=O) groups excluding carboxylic acids is 1. The van der Waals surface area contributed by atoms with Crippen LogP contribution in [0.25, 0.3) is 10.8 Å². The monoisotopic (exact) mass is 693 g/mol. The van der Waals surface area contributed by atoms with Gasteiger partial charge < -0.3 is 9.80 Å². The van der Waals surface area contributed by atoms with Crippen LogP contribution in [-0.2, 0) is 21.6 Å². The zero-order valence-electron chi connectivity index (χ0n) is 26.2. The van der Waals surface area contributed by atoms with Gasteiger partial charge in [0.2, 0.25) is 0 Å². The maximum atomic E-state index is 14.2. The molecule has 1 heterocycles. The third-order valence-electron chi connectivity index (χ3n) is 8.93. The van der Waals surface area contributed by atoms with Crippen molar-refractivity contribution in [3.05, 3.63) is 105 Å². The average Bonchev–Trinajstić information content (AvgIpc) is 3.06. The Kier molecular flexibility index (Phi) is 11.3. The molecule has 3 atom stereocenters. The molecule has 0 aromatic heterocycles. The summed E-state index contributed by atoms with van der Waals surface area (Å²) in [6.07, 6.45) is 6.00. The van der Waals surface area contributed by atoms with Crippen molar-refractivity contribution >= 4 is 61.5 Å². The summed E-state index contributed by atoms with van der Waals surface area (Å²) in [5.41, 5.74) is 2.73. The summed E-state index contributed by atoms with van der Waals surface area (Å²) in [4.78, 5) is 19.5. The van der Waals surface area contributed by atoms with Gasteiger partial charge in [0.05, 0.1) is 47.7 Å². The molecule has 6 nitrogen and oxygen atoms in total. The van der Waals surface area contributed by atoms with Crippen LogP contribution in [0.3, 0.4) is 0 Å². The molecule has 1 aliphatic heterocycles. The number of hydrogen-bond donors (Lipinski definition) is 0. The van der Waals surface area contributed by atoms with E-state index in [1.54, 1.807) is 30.3 Å². The van der Waals surface area contributed by atoms with Crippen LogP contribution in [0.15, 0.2) is 82.6 Å². The molecule has 0 aliphatic carbocycles. The second-order valence-corrected chi connectivity index (χ2v) is 15.3. The molecule has 0 N–H and O–H groups in total. The number of likely N-dealkylation sites (tertiary alicyclic amines) is 1. The van der Waals surface area contributed by atoms with Crippen LogP contribution < -0.4 is 0 Å². The van der Waals surface area contributed by atoms with Gasteiger partial charge in [-0.15, -0.1) is 0 Å². The van der Waals surface area contributed by atoms with Crippen molar-refractivity contribution in [2.24, 2.45) is 0 Å². The molecule has 240 valence electrons. The van der Waals surface area contributed by atoms with E-state index in [9.17, 15) is 18.5 Å². The predicted molar refractivity (Wildman–Crippen MR) is 189 cm³/mol. The van der Waals surface area contributed by atoms with Crippen LogP contribution in [0, 0.1) is 11.3 Å². The topological polar surface area (TPSA) is 81.5 Å². The number of rotatable bonds is 10. The molecule has 1 saturated heterocycles. The fraction of sp³-hybridized carbons (Fsp3) is 0.333. The van der Waals surface area contributed by atoms with Crippen molar-refractivity contribution in [2.75, 3.05) is 45.7 Å². The van der Waals surface area contributed by atoms with Crippen molar-refractivity contribution in [3.63, 3.8) is 0 Å². The van der Waals surface area contributed by atoms with E-state index in [1.807, 2.05) is 54.6 Å². The zero-order valence-corrected chi connectivity index (χ0v) is 29.3. The minimum Gasteiger partial charge on any atom is -0.341 e. The fourth-order valence-corrected chi connectivity index (χ4v) is 8.58. The number of piperidine rings is 1. The van der Waals surface area contributed by atoms with Crippen molar-refractivity contribution in [1.29, 1.82) is 5.26 Å². The van der Waals surface area contributed by atoms with E-state index in [2.05, 4.69) is 17.0 Å². The minimum atomic E-state index is -1.55. The van der Waals surface area contributed by atoms with E-state index in [0.717, 1.165) is 54.7 Å². The highest BCUT2D eigenvalue weighted by Crippen LogP contribution is 2.34. The van der Waals surface area contributed by atoms with Crippen LogP contribution in [0.5, 0.6) is 0 Å². The van der Waals surface area contributed by atoms with Gasteiger partial charge in [-0.1, -0.05) is 71.7 Å². The van der Waals surface area contributed by atoms with Crippen molar-refractivity contribution in [3.8, 4) is 6.07 Å². The number of carbonyl (C=O) groups is 1. The van der Waals surface area contributed by atoms with Gasteiger partial charge in [-0.2, -0.15) is 5.26 Å². The predicted octanol–water partition coefficient (Wildman–Crippen LogP) is 7.62. The highest BCUT2D eigenvalue weighted by molar-refractivity contribution is 7.84. The average molecular weight is 695 g/mol. The maximum Gasteiger partial charge on any atom is 0.255 e. The van der Waals surface area contributed by atoms with Gasteiger partial charge in [0.15, 0.2) is 0 Å². The Morgan fingerprint density at radius 3 is 2.35 bits per heavy atom. The number of fused-ring (bicyclic) bond motifs is 1. The van der Waals surface area contributed by atoms with Crippen molar-refractivity contribution < 1.29 is 13.2 Å². The lowest BCUT2D eigenvalue weighted by molar-refractivity contribution is 0.0780. The summed E-state index contributed by atoms with van der Waals surface area (Å²) in [6, 6.07) is 24.9. The Morgan fingerprint density at radius 2 is 1.67 bits per heavy atom. The molecule has 5 rings (SSSR count). The van der Waals surface area contributed by atoms with E-state index in [4.69, 9.17) is 23.2 Å². The molecule has 1 aliphatic rings. The van der Waals surface area contributed by atoms with E-state index in [0.29, 0.717) is 33.5 Å². The van der Waals surface area contributed by atoms with Gasteiger partial charge >= 0.3 is 0 Å². The van der Waals surface area contributed by atoms with Gasteiger partial charge in [0.1, 0.15) is 6.07 Å². The third-order valence-corrected chi connectivity index (χ3v) is 11.7. The maximum absolute atomic E-state index is 14.2. The largest absolute Gasteiger partial charge is 0.341 e. The molecule has 0 bridgehead atoms. The fourth-order valence-electron chi connectivity index (χ4n) is 6.54. The standard InChI is InChI=1S/C36H37Cl2N3O3S2/c1-40(36(42)34-30-10-5-4-8-26(30)20-28(22-39)35(34)46(3)44)23-27(25-12-13-31(37)32(38)21-25)16-19-41-17-14-24(15-18-41)29-9-6-7-11-33(29)45(2)43/h4-13,20-21,24,27H,14-19,23H2,1-3H3/t27-,45+,46?/m1/s1. The molecule has 0 saturated carbocycles. The Balaban J connectivity index is 1.37. The summed E-state index contributed by atoms with van der Waals surface area (Å²) in [5.74, 6) is 0.0466. The van der Waals surface area contributed by atoms with E-state index < -0.39 is 21.6 Å². The lowest BCUT2D eigenvalue weighted by Gasteiger charge is -2.34. The molecule has 0 radical (unpaired) electrons. The first-order valence-electron chi connectivity index (χ1n) is 15.2. The van der Waals surface area contributed by atoms with Gasteiger partial charge in [-0.3, -0.25) is 13.2 Å². The SMILES string of the molecule is CN(C[C@@H](CCN1CCC(c2ccccc2[S@](C)=O)CC1)c1ccc(Cl)c(Cl)c1)C(=O)c1c(S(C)=O)c(C#N)cc2ccccc12. The van der Waals surface area contributed by atoms with Gasteiger partial charge in [-0.25, -0.2) is 0 Å². The molecular weight excluding hydrogens is 657 g/mol. The highest BCUT2D eigenvalue weighted by atomic mass is 35.5. The molecule has 1 unspecified atom stereocenters. The molecule has 4 aromatic rings. The van der Waals surface area contributed by atoms with Gasteiger partial charge in [0.25, 0.3) is 5.91 Å². The molecule has 0 spiro atoms. The summed E-state index contributed by atoms with van der Waals surface area (Å²) < 4.78 is 25.2. The molecule has 1 fully saturated rings. The number of nitrogens with zero attached hydrogens (tertiary/aromatic N) is 3. The number of hydrogen-bond acceptors (Lipinski definition) is 5. The van der Waals surface area contributed by atoms with Crippen LogP contribution in [0.1, 0.15) is 58.1 Å². The van der Waals surface area contributed by atoms with Crippen LogP contribution in [0.2, 0.25) is 10.0 Å². The van der Waals surface area contributed by atoms with Crippen molar-refractivity contribution in [1.82, 2.24) is 9.80 Å². The summed E-state index contributed by atoms with van der Waals surface area (Å²) >= 11 is 12.7. The lowest BCUT2D eigenvalue weighted by Crippen LogP contribution is -2.36. The molecule has 10 heteroatoms. The smallest absolute Gasteiger partial charge is 0.255 e. The van der Waals surface area contributed by atoms with Crippen LogP contribution >= 0.6 is 23.2 Å². The third kappa shape index (κ3) is 7.56. The number of benzene rings is 4. The summed E-state index contributed by atoms with van der Waals surface area (Å²) in [7, 11) is -0.822. The van der Waals surface area contributed by atoms with Gasteiger partial charge in [0, 0.05) is 36.9 Å². The second-order valence-electron chi connectivity index (χ2n) is 11.9. The van der Waals surface area contributed by atoms with E-state index >= 15 is 0 Å². The minimum absolute atomic E-state index is 0.0503. The Labute approximate surface area is 286 Å². The normalized spacial score (nSPS) is 16.1. The summed E-state index contributed by atoms with van der Waals surface area (Å²) in [5, 5.41) is 12.2.